The van der Waals surface area contributed by atoms with Crippen molar-refractivity contribution in [2.24, 2.45) is 5.92 Å². The molecule has 0 unspecified atom stereocenters. The van der Waals surface area contributed by atoms with Crippen LogP contribution in [0.1, 0.15) is 24.0 Å². The van der Waals surface area contributed by atoms with Gasteiger partial charge in [-0.05, 0) is 56.5 Å². The first-order chi connectivity index (χ1) is 12.8. The van der Waals surface area contributed by atoms with Crippen molar-refractivity contribution in [2.45, 2.75) is 31.6 Å². The highest BCUT2D eigenvalue weighted by Gasteiger charge is 2.32. The lowest BCUT2D eigenvalue weighted by Crippen LogP contribution is -2.41. The lowest BCUT2D eigenvalue weighted by Gasteiger charge is -2.30. The topological polar surface area (TPSA) is 92.5 Å². The van der Waals surface area contributed by atoms with Gasteiger partial charge in [0.15, 0.2) is 0 Å². The quantitative estimate of drug-likeness (QED) is 0.789. The summed E-state index contributed by atoms with van der Waals surface area (Å²) in [6.07, 6.45) is 0.997. The van der Waals surface area contributed by atoms with Gasteiger partial charge in [-0.2, -0.15) is 4.31 Å². The Kier molecular flexibility index (Phi) is 5.53. The molecule has 0 radical (unpaired) electrons. The molecule has 1 amide bonds. The van der Waals surface area contributed by atoms with E-state index in [-0.39, 0.29) is 11.8 Å². The van der Waals surface area contributed by atoms with E-state index in [4.69, 9.17) is 5.73 Å². The zero-order valence-electron chi connectivity index (χ0n) is 15.6. The number of nitrogens with two attached hydrogens (primary N) is 1. The third kappa shape index (κ3) is 4.31. The highest BCUT2D eigenvalue weighted by Crippen LogP contribution is 2.26. The molecule has 144 valence electrons. The van der Waals surface area contributed by atoms with Crippen LogP contribution in [0.25, 0.3) is 0 Å². The summed E-state index contributed by atoms with van der Waals surface area (Å²) < 4.78 is 27.0. The van der Waals surface area contributed by atoms with Crippen molar-refractivity contribution in [3.8, 4) is 0 Å². The van der Waals surface area contributed by atoms with Gasteiger partial charge in [-0.1, -0.05) is 23.8 Å². The molecule has 2 aromatic carbocycles. The van der Waals surface area contributed by atoms with Gasteiger partial charge in [0.25, 0.3) is 0 Å². The molecule has 0 aromatic heterocycles. The summed E-state index contributed by atoms with van der Waals surface area (Å²) in [4.78, 5) is 12.9. The highest BCUT2D eigenvalue weighted by molar-refractivity contribution is 7.89. The fourth-order valence-electron chi connectivity index (χ4n) is 3.23. The molecule has 1 heterocycles. The van der Waals surface area contributed by atoms with Gasteiger partial charge in [0.2, 0.25) is 15.9 Å². The molecule has 0 aliphatic carbocycles. The fraction of sp³-hybridized carbons (Fsp3) is 0.350. The highest BCUT2D eigenvalue weighted by atomic mass is 32.2. The molecule has 0 saturated carbocycles. The van der Waals surface area contributed by atoms with E-state index >= 15 is 0 Å². The van der Waals surface area contributed by atoms with Crippen molar-refractivity contribution in [1.29, 1.82) is 0 Å². The van der Waals surface area contributed by atoms with Gasteiger partial charge in [-0.15, -0.1) is 0 Å². The van der Waals surface area contributed by atoms with Crippen molar-refractivity contribution in [3.05, 3.63) is 53.6 Å². The number of sulfonamides is 1. The van der Waals surface area contributed by atoms with Gasteiger partial charge in [0, 0.05) is 30.4 Å². The molecule has 2 aromatic rings. The molecule has 7 heteroatoms. The molecule has 27 heavy (non-hydrogen) atoms. The smallest absolute Gasteiger partial charge is 0.243 e. The Balaban J connectivity index is 1.63. The van der Waals surface area contributed by atoms with Crippen molar-refractivity contribution >= 4 is 27.3 Å². The van der Waals surface area contributed by atoms with Gasteiger partial charge in [0.1, 0.15) is 0 Å². The lowest BCUT2D eigenvalue weighted by molar-refractivity contribution is -0.120. The number of nitrogens with zero attached hydrogens (tertiary/aromatic N) is 1. The van der Waals surface area contributed by atoms with Gasteiger partial charge in [-0.25, -0.2) is 8.42 Å². The average molecular weight is 388 g/mol. The third-order valence-electron chi connectivity index (χ3n) is 5.00. The summed E-state index contributed by atoms with van der Waals surface area (Å²) in [6.45, 7) is 4.50. The first kappa shape index (κ1) is 19.4. The lowest BCUT2D eigenvalue weighted by atomic mass is 9.97. The maximum Gasteiger partial charge on any atom is 0.243 e. The Morgan fingerprint density at radius 2 is 1.70 bits per heavy atom. The average Bonchev–Trinajstić information content (AvgIpc) is 2.65. The molecular weight excluding hydrogens is 362 g/mol. The molecule has 1 aliphatic rings. The molecule has 1 aliphatic heterocycles. The molecule has 0 atom stereocenters. The number of hydrogen-bond donors (Lipinski definition) is 2. The Morgan fingerprint density at radius 3 is 2.33 bits per heavy atom. The maximum absolute atomic E-state index is 12.8. The van der Waals surface area contributed by atoms with Gasteiger partial charge >= 0.3 is 0 Å². The van der Waals surface area contributed by atoms with E-state index in [0.29, 0.717) is 42.2 Å². The summed E-state index contributed by atoms with van der Waals surface area (Å²) in [6, 6.07) is 12.2. The van der Waals surface area contributed by atoms with E-state index in [0.717, 1.165) is 11.1 Å². The SMILES string of the molecule is Cc1ccc(S(=O)(=O)N2CCC(C(=O)Nc3cc(N)ccc3C)CC2)cc1. The number of piperidine rings is 1. The summed E-state index contributed by atoms with van der Waals surface area (Å²) in [7, 11) is -3.51. The fourth-order valence-corrected chi connectivity index (χ4v) is 4.70. The van der Waals surface area contributed by atoms with Gasteiger partial charge < -0.3 is 11.1 Å². The first-order valence-corrected chi connectivity index (χ1v) is 10.4. The third-order valence-corrected chi connectivity index (χ3v) is 6.92. The standard InChI is InChI=1S/C20H25N3O3S/c1-14-3-7-18(8-4-14)27(25,26)23-11-9-16(10-12-23)20(24)22-19-13-17(21)6-5-15(19)2/h3-8,13,16H,9-12,21H2,1-2H3,(H,22,24). The van der Waals surface area contributed by atoms with Crippen LogP contribution in [-0.2, 0) is 14.8 Å². The van der Waals surface area contributed by atoms with Crippen LogP contribution in [0.15, 0.2) is 47.4 Å². The predicted molar refractivity (Wildman–Crippen MR) is 107 cm³/mol. The minimum Gasteiger partial charge on any atom is -0.399 e. The first-order valence-electron chi connectivity index (χ1n) is 9.01. The molecule has 3 rings (SSSR count). The maximum atomic E-state index is 12.8. The summed E-state index contributed by atoms with van der Waals surface area (Å²) in [5.74, 6) is -0.300. The number of anilines is 2. The van der Waals surface area contributed by atoms with E-state index in [9.17, 15) is 13.2 Å². The van der Waals surface area contributed by atoms with Crippen molar-refractivity contribution in [1.82, 2.24) is 4.31 Å². The van der Waals surface area contributed by atoms with E-state index < -0.39 is 10.0 Å². The Bertz CT molecular complexity index is 931. The number of carbonyl (C=O) groups excluding carboxylic acids is 1. The molecule has 1 saturated heterocycles. The minimum absolute atomic E-state index is 0.0870. The van der Waals surface area contributed by atoms with E-state index in [1.54, 1.807) is 36.4 Å². The Hall–Kier alpha value is -2.38. The molecule has 0 bridgehead atoms. The van der Waals surface area contributed by atoms with Crippen LogP contribution in [0.2, 0.25) is 0 Å². The number of benzene rings is 2. The molecule has 0 spiro atoms. The number of nitrogens with one attached hydrogen (secondary N) is 1. The Labute approximate surface area is 160 Å². The number of nitrogen functional groups attached to an aromatic ring is 1. The van der Waals surface area contributed by atoms with Crippen LogP contribution in [0.5, 0.6) is 0 Å². The second-order valence-corrected chi connectivity index (χ2v) is 8.99. The van der Waals surface area contributed by atoms with Gasteiger partial charge in [-0.3, -0.25) is 4.79 Å². The minimum atomic E-state index is -3.51. The largest absolute Gasteiger partial charge is 0.399 e. The summed E-state index contributed by atoms with van der Waals surface area (Å²) in [5.41, 5.74) is 9.04. The van der Waals surface area contributed by atoms with Crippen LogP contribution in [0.4, 0.5) is 11.4 Å². The van der Waals surface area contributed by atoms with Crippen LogP contribution in [0, 0.1) is 19.8 Å². The van der Waals surface area contributed by atoms with Crippen molar-refractivity contribution in [3.63, 3.8) is 0 Å². The predicted octanol–water partition coefficient (Wildman–Crippen LogP) is 2.93. The van der Waals surface area contributed by atoms with Crippen molar-refractivity contribution in [2.75, 3.05) is 24.1 Å². The molecular formula is C20H25N3O3S. The van der Waals surface area contributed by atoms with Crippen LogP contribution >= 0.6 is 0 Å². The number of rotatable bonds is 4. The van der Waals surface area contributed by atoms with Gasteiger partial charge in [0.05, 0.1) is 4.90 Å². The zero-order valence-corrected chi connectivity index (χ0v) is 16.4. The normalized spacial score (nSPS) is 16.2. The van der Waals surface area contributed by atoms with Crippen LogP contribution in [0.3, 0.4) is 0 Å². The van der Waals surface area contributed by atoms with E-state index in [1.165, 1.54) is 4.31 Å². The summed E-state index contributed by atoms with van der Waals surface area (Å²) in [5, 5.41) is 2.93. The molecule has 1 fully saturated rings. The number of amides is 1. The number of carbonyl (C=O) groups is 1. The second-order valence-electron chi connectivity index (χ2n) is 7.06. The monoisotopic (exact) mass is 387 g/mol. The molecule has 3 N–H and O–H groups in total. The number of aryl methyl sites for hydroxylation is 2. The number of hydrogen-bond acceptors (Lipinski definition) is 4. The van der Waals surface area contributed by atoms with Crippen molar-refractivity contribution < 1.29 is 13.2 Å². The summed E-state index contributed by atoms with van der Waals surface area (Å²) >= 11 is 0. The van der Waals surface area contributed by atoms with E-state index in [1.807, 2.05) is 19.9 Å². The van der Waals surface area contributed by atoms with Crippen LogP contribution in [-0.4, -0.2) is 31.7 Å². The second kappa shape index (κ2) is 7.70. The molecule has 6 nitrogen and oxygen atoms in total. The van der Waals surface area contributed by atoms with Crippen LogP contribution < -0.4 is 11.1 Å². The van der Waals surface area contributed by atoms with E-state index in [2.05, 4.69) is 5.32 Å². The Morgan fingerprint density at radius 1 is 1.07 bits per heavy atom. The zero-order chi connectivity index (χ0) is 19.6.